The second-order valence-corrected chi connectivity index (χ2v) is 14.1. The van der Waals surface area contributed by atoms with Crippen LogP contribution < -0.4 is 26.1 Å². The first-order valence-corrected chi connectivity index (χ1v) is 18.0. The van der Waals surface area contributed by atoms with Gasteiger partial charge in [-0.05, 0) is 43.4 Å². The molecule has 8 rings (SSSR count). The molecule has 7 aromatic rings. The Morgan fingerprint density at radius 3 is 1.40 bits per heavy atom. The number of ether oxygens (including phenoxy) is 2. The van der Waals surface area contributed by atoms with E-state index in [4.69, 9.17) is 19.4 Å². The largest absolute Gasteiger partial charge is 2.00 e. The summed E-state index contributed by atoms with van der Waals surface area (Å²) < 4.78 is 13.3. The average Bonchev–Trinajstić information content (AvgIpc) is 3.47. The minimum absolute atomic E-state index is 0. The maximum atomic E-state index is 6.64. The number of hydrogen-bond acceptors (Lipinski definition) is 6. The molecule has 0 bridgehead atoms. The van der Waals surface area contributed by atoms with Crippen LogP contribution in [0.3, 0.4) is 0 Å². The van der Waals surface area contributed by atoms with Crippen LogP contribution in [0.2, 0.25) is 0 Å². The summed E-state index contributed by atoms with van der Waals surface area (Å²) in [7, 11) is 0. The fourth-order valence-corrected chi connectivity index (χ4v) is 6.82. The zero-order valence-corrected chi connectivity index (χ0v) is 34.4. The van der Waals surface area contributed by atoms with E-state index in [0.717, 1.165) is 66.8 Å². The molecule has 55 heavy (non-hydrogen) atoms. The van der Waals surface area contributed by atoms with Crippen molar-refractivity contribution in [3.8, 4) is 56.6 Å². The molecule has 1 aliphatic heterocycles. The number of aromatic nitrogens is 4. The van der Waals surface area contributed by atoms with E-state index < -0.39 is 0 Å². The molecule has 0 fully saturated rings. The van der Waals surface area contributed by atoms with Crippen LogP contribution in [0.5, 0.6) is 23.0 Å². The van der Waals surface area contributed by atoms with Crippen LogP contribution in [0, 0.1) is 38.1 Å². The van der Waals surface area contributed by atoms with Crippen LogP contribution in [-0.2, 0) is 40.8 Å². The molecule has 0 saturated carbocycles. The van der Waals surface area contributed by atoms with Gasteiger partial charge in [0.05, 0.1) is 5.72 Å². The maximum Gasteiger partial charge on any atom is 2.00 e. The Hall–Kier alpha value is -4.75. The normalized spacial score (nSPS) is 11.5. The summed E-state index contributed by atoms with van der Waals surface area (Å²) in [6.07, 6.45) is 7.18. The topological polar surface area (TPSA) is 70.0 Å². The SMILES string of the molecule is Cc1ccnc(-c2[c-]c(Oc3[c-]c4c(cc3)-c3ccc(Oc5[c-]c(-c6cc(C)ccn6)ccc5C(C)C)[c-]c3B4c3ncccn3)c(C(C)C)cc2)c1.[Pd+2].[Pd+2]. The number of pyridine rings is 2. The van der Waals surface area contributed by atoms with Gasteiger partial charge in [-0.25, -0.2) is 0 Å². The number of fused-ring (bicyclic) bond motifs is 3. The van der Waals surface area contributed by atoms with Gasteiger partial charge in [-0.3, -0.25) is 9.97 Å². The van der Waals surface area contributed by atoms with Gasteiger partial charge in [-0.2, -0.15) is 34.2 Å². The number of aryl methyl sites for hydroxylation is 2. The molecule has 4 heterocycles. The molecular weight excluding hydrogens is 864 g/mol. The van der Waals surface area contributed by atoms with E-state index in [1.165, 1.54) is 0 Å². The standard InChI is InChI=1S/C46H37BN4O2.2Pd/c1-28(2)36-12-8-32(42-22-30(5)16-20-48-42)24-44(36)52-34-10-14-38-39-15-11-35(27-41(39)47(40(38)26-34)46-50-18-7-19-51-46)53-45-25-33(9-13-37(45)29(3)4)43-23-31(6)17-21-49-43;;/h7-23,28-29H,1-6H3;;/q-4;2*+2. The van der Waals surface area contributed by atoms with E-state index in [2.05, 4.69) is 124 Å². The average molecular weight is 901 g/mol. The van der Waals surface area contributed by atoms with Crippen molar-refractivity contribution in [2.45, 2.75) is 53.4 Å². The summed E-state index contributed by atoms with van der Waals surface area (Å²) in [5.74, 6) is 2.92. The van der Waals surface area contributed by atoms with Gasteiger partial charge in [0, 0.05) is 47.8 Å². The first-order valence-electron chi connectivity index (χ1n) is 18.0. The van der Waals surface area contributed by atoms with Gasteiger partial charge in [-0.1, -0.05) is 86.1 Å². The predicted octanol–water partition coefficient (Wildman–Crippen LogP) is 8.74. The maximum absolute atomic E-state index is 6.64. The molecule has 276 valence electrons. The summed E-state index contributed by atoms with van der Waals surface area (Å²) in [5, 5.41) is 0. The van der Waals surface area contributed by atoms with E-state index >= 15 is 0 Å². The smallest absolute Gasteiger partial charge is 0.503 e. The van der Waals surface area contributed by atoms with Crippen LogP contribution in [0.25, 0.3) is 33.6 Å². The molecule has 0 aliphatic carbocycles. The molecule has 9 heteroatoms. The Bertz CT molecular complexity index is 2320. The monoisotopic (exact) mass is 900 g/mol. The van der Waals surface area contributed by atoms with Crippen molar-refractivity contribution in [2.24, 2.45) is 0 Å². The van der Waals surface area contributed by atoms with Gasteiger partial charge in [0.15, 0.2) is 0 Å². The van der Waals surface area contributed by atoms with Crippen LogP contribution in [0.4, 0.5) is 0 Å². The van der Waals surface area contributed by atoms with Gasteiger partial charge >= 0.3 is 40.8 Å². The summed E-state index contributed by atoms with van der Waals surface area (Å²) >= 11 is 0. The molecular formula is C46H37BN4O2Pd2. The van der Waals surface area contributed by atoms with E-state index in [1.54, 1.807) is 12.4 Å². The Morgan fingerprint density at radius 2 is 0.982 bits per heavy atom. The Morgan fingerprint density at radius 1 is 0.527 bits per heavy atom. The van der Waals surface area contributed by atoms with Crippen LogP contribution >= 0.6 is 0 Å². The summed E-state index contributed by atoms with van der Waals surface area (Å²) in [6.45, 7) is 12.4. The quantitative estimate of drug-likeness (QED) is 0.107. The first kappa shape index (κ1) is 39.9. The van der Waals surface area contributed by atoms with Gasteiger partial charge in [0.2, 0.25) is 6.71 Å². The molecule has 3 aromatic heterocycles. The minimum Gasteiger partial charge on any atom is -0.503 e. The van der Waals surface area contributed by atoms with Crippen molar-refractivity contribution in [1.29, 1.82) is 0 Å². The van der Waals surface area contributed by atoms with E-state index in [0.29, 0.717) is 28.7 Å². The van der Waals surface area contributed by atoms with Crippen molar-refractivity contribution in [2.75, 3.05) is 0 Å². The summed E-state index contributed by atoms with van der Waals surface area (Å²) in [4.78, 5) is 18.6. The van der Waals surface area contributed by atoms with Crippen molar-refractivity contribution in [1.82, 2.24) is 19.9 Å². The summed E-state index contributed by atoms with van der Waals surface area (Å²) in [5.41, 5.74) is 12.4. The number of rotatable bonds is 9. The van der Waals surface area contributed by atoms with E-state index in [1.807, 2.05) is 42.7 Å². The van der Waals surface area contributed by atoms with Crippen molar-refractivity contribution < 1.29 is 50.3 Å². The van der Waals surface area contributed by atoms with Crippen molar-refractivity contribution >= 4 is 23.4 Å². The molecule has 0 N–H and O–H groups in total. The molecule has 0 amide bonds. The fourth-order valence-electron chi connectivity index (χ4n) is 6.82. The predicted molar refractivity (Wildman–Crippen MR) is 211 cm³/mol. The Labute approximate surface area is 351 Å². The first-order chi connectivity index (χ1) is 25.7. The molecule has 0 radical (unpaired) electrons. The van der Waals surface area contributed by atoms with Gasteiger partial charge in [0.25, 0.3) is 0 Å². The van der Waals surface area contributed by atoms with Gasteiger partial charge < -0.3 is 19.4 Å². The van der Waals surface area contributed by atoms with Crippen molar-refractivity contribution in [3.63, 3.8) is 0 Å². The van der Waals surface area contributed by atoms with Gasteiger partial charge in [-0.15, -0.1) is 59.7 Å². The molecule has 6 nitrogen and oxygen atoms in total. The zero-order valence-electron chi connectivity index (χ0n) is 31.3. The van der Waals surface area contributed by atoms with Crippen LogP contribution in [0.1, 0.15) is 61.8 Å². The minimum atomic E-state index is -0.332. The molecule has 0 spiro atoms. The molecule has 0 unspecified atom stereocenters. The zero-order chi connectivity index (χ0) is 36.6. The second-order valence-electron chi connectivity index (χ2n) is 14.1. The Kier molecular flexibility index (Phi) is 12.3. The van der Waals surface area contributed by atoms with Gasteiger partial charge in [0.1, 0.15) is 0 Å². The van der Waals surface area contributed by atoms with E-state index in [9.17, 15) is 0 Å². The van der Waals surface area contributed by atoms with Crippen LogP contribution in [-0.4, -0.2) is 26.6 Å². The number of nitrogens with zero attached hydrogens (tertiary/aromatic N) is 4. The van der Waals surface area contributed by atoms with Crippen molar-refractivity contribution in [3.05, 3.63) is 150 Å². The second kappa shape index (κ2) is 16.9. The third-order valence-electron chi connectivity index (χ3n) is 9.54. The fraction of sp³-hybridized carbons (Fsp3) is 0.174. The molecule has 4 aromatic carbocycles. The number of benzene rings is 4. The third kappa shape index (κ3) is 8.28. The third-order valence-corrected chi connectivity index (χ3v) is 9.54. The van der Waals surface area contributed by atoms with Crippen LogP contribution in [0.15, 0.2) is 104 Å². The Balaban J connectivity index is 0.00000257. The molecule has 0 atom stereocenters. The van der Waals surface area contributed by atoms with E-state index in [-0.39, 0.29) is 59.4 Å². The summed E-state index contributed by atoms with van der Waals surface area (Å²) in [6, 6.07) is 40.6. The molecule has 1 aliphatic rings. The molecule has 0 saturated heterocycles. The number of hydrogen-bond donors (Lipinski definition) is 0.